The van der Waals surface area contributed by atoms with Gasteiger partial charge in [-0.15, -0.1) is 0 Å². The zero-order chi connectivity index (χ0) is 22.4. The molecule has 6 heteroatoms. The summed E-state index contributed by atoms with van der Waals surface area (Å²) in [6, 6.07) is 11.6. The predicted molar refractivity (Wildman–Crippen MR) is 126 cm³/mol. The van der Waals surface area contributed by atoms with E-state index in [1.165, 1.54) is 0 Å². The number of nitrogens with zero attached hydrogens (tertiary/aromatic N) is 1. The number of thiocarbonyl (C=S) groups is 1. The molecular weight excluding hydrogens is 418 g/mol. The van der Waals surface area contributed by atoms with Crippen LogP contribution >= 0.6 is 23.8 Å². The van der Waals surface area contributed by atoms with Gasteiger partial charge in [-0.3, -0.25) is 4.79 Å². The minimum absolute atomic E-state index is 0.449. The summed E-state index contributed by atoms with van der Waals surface area (Å²) in [5.74, 6) is -1.10. The van der Waals surface area contributed by atoms with E-state index < -0.39 is 17.3 Å². The summed E-state index contributed by atoms with van der Waals surface area (Å²) in [6.07, 6.45) is 0. The fourth-order valence-corrected chi connectivity index (χ4v) is 4.58. The Morgan fingerprint density at radius 2 is 1.77 bits per heavy atom. The van der Waals surface area contributed by atoms with E-state index in [0.717, 1.165) is 33.3 Å². The Bertz CT molecular complexity index is 1140. The molecule has 4 nitrogen and oxygen atoms in total. The Hall–Kier alpha value is -2.37. The molecule has 0 saturated heterocycles. The van der Waals surface area contributed by atoms with Gasteiger partial charge in [0.15, 0.2) is 0 Å². The molecule has 0 aliphatic carbocycles. The first-order chi connectivity index (χ1) is 14.0. The summed E-state index contributed by atoms with van der Waals surface area (Å²) in [5, 5.41) is 11.4. The molecule has 3 aromatic rings. The molecule has 1 N–H and O–H groups in total. The second kappa shape index (κ2) is 8.05. The molecular formula is C24H26ClNO3S. The molecule has 0 radical (unpaired) electrons. The van der Waals surface area contributed by atoms with Gasteiger partial charge in [0.2, 0.25) is 0 Å². The lowest BCUT2D eigenvalue weighted by Gasteiger charge is -2.28. The number of methoxy groups -OCH3 is 1. The second-order valence-electron chi connectivity index (χ2n) is 8.65. The van der Waals surface area contributed by atoms with Crippen molar-refractivity contribution >= 4 is 45.7 Å². The molecule has 1 heterocycles. The number of aliphatic carboxylic acids is 1. The molecule has 1 aromatic heterocycles. The van der Waals surface area contributed by atoms with E-state index >= 15 is 0 Å². The minimum atomic E-state index is -0.875. The van der Waals surface area contributed by atoms with Crippen LogP contribution < -0.4 is 4.74 Å². The van der Waals surface area contributed by atoms with Crippen molar-refractivity contribution in [1.29, 1.82) is 0 Å². The fraction of sp³-hybridized carbons (Fsp3) is 0.333. The van der Waals surface area contributed by atoms with Gasteiger partial charge >= 0.3 is 5.97 Å². The first-order valence-electron chi connectivity index (χ1n) is 9.70. The van der Waals surface area contributed by atoms with Gasteiger partial charge < -0.3 is 14.4 Å². The average molecular weight is 444 g/mol. The van der Waals surface area contributed by atoms with Crippen molar-refractivity contribution < 1.29 is 14.6 Å². The van der Waals surface area contributed by atoms with Crippen LogP contribution in [0.1, 0.15) is 49.1 Å². The smallest absolute Gasteiger partial charge is 0.311 e. The molecule has 2 aromatic carbocycles. The number of ether oxygens (including phenoxy) is 1. The van der Waals surface area contributed by atoms with Crippen molar-refractivity contribution in [2.75, 3.05) is 7.11 Å². The molecule has 0 amide bonds. The van der Waals surface area contributed by atoms with Crippen LogP contribution in [0.3, 0.4) is 0 Å². The summed E-state index contributed by atoms with van der Waals surface area (Å²) in [7, 11) is 1.55. The van der Waals surface area contributed by atoms with Crippen LogP contribution in [0.25, 0.3) is 10.9 Å². The van der Waals surface area contributed by atoms with E-state index in [9.17, 15) is 9.90 Å². The highest BCUT2D eigenvalue weighted by Gasteiger charge is 2.37. The van der Waals surface area contributed by atoms with Gasteiger partial charge in [0.05, 0.1) is 23.6 Å². The maximum Gasteiger partial charge on any atom is 0.311 e. The van der Waals surface area contributed by atoms with E-state index in [1.807, 2.05) is 69.5 Å². The number of aryl methyl sites for hydroxylation is 1. The fourth-order valence-electron chi connectivity index (χ4n) is 3.97. The molecule has 0 spiro atoms. The molecule has 0 aliphatic rings. The van der Waals surface area contributed by atoms with Gasteiger partial charge in [-0.1, -0.05) is 74.4 Å². The number of carboxylic acid groups (broad SMARTS) is 1. The standard InChI is InChI=1S/C24H26ClNO3S/c1-13-7-9-15(10-8-13)22(30)26-14(2)20(21(23(27)28)24(3,4)5)16-11-19(29-6)17(25)12-18(16)26/h7-12,21H,1-6H3,(H,27,28). The van der Waals surface area contributed by atoms with Gasteiger partial charge in [0.1, 0.15) is 10.7 Å². The molecule has 1 unspecified atom stereocenters. The lowest BCUT2D eigenvalue weighted by atomic mass is 9.75. The van der Waals surface area contributed by atoms with E-state index in [1.54, 1.807) is 13.2 Å². The highest BCUT2D eigenvalue weighted by molar-refractivity contribution is 7.80. The van der Waals surface area contributed by atoms with Crippen molar-refractivity contribution in [3.05, 3.63) is 63.8 Å². The van der Waals surface area contributed by atoms with Crippen LogP contribution in [0.4, 0.5) is 0 Å². The first kappa shape index (κ1) is 22.3. The average Bonchev–Trinajstić information content (AvgIpc) is 2.91. The lowest BCUT2D eigenvalue weighted by molar-refractivity contribution is -0.141. The predicted octanol–water partition coefficient (Wildman–Crippen LogP) is 6.36. The van der Waals surface area contributed by atoms with Crippen LogP contribution in [-0.2, 0) is 4.79 Å². The van der Waals surface area contributed by atoms with Crippen molar-refractivity contribution in [1.82, 2.24) is 4.57 Å². The Morgan fingerprint density at radius 1 is 1.17 bits per heavy atom. The van der Waals surface area contributed by atoms with E-state index in [-0.39, 0.29) is 0 Å². The number of hydrogen-bond acceptors (Lipinski definition) is 3. The van der Waals surface area contributed by atoms with Crippen molar-refractivity contribution in [2.24, 2.45) is 5.41 Å². The van der Waals surface area contributed by atoms with Gasteiger partial charge in [-0.05, 0) is 37.0 Å². The number of hydrogen-bond donors (Lipinski definition) is 1. The third kappa shape index (κ3) is 3.84. The third-order valence-corrected chi connectivity index (χ3v) is 6.14. The molecule has 0 bridgehead atoms. The highest BCUT2D eigenvalue weighted by atomic mass is 35.5. The summed E-state index contributed by atoms with van der Waals surface area (Å²) in [4.78, 5) is 13.0. The third-order valence-electron chi connectivity index (χ3n) is 5.43. The van der Waals surface area contributed by atoms with Gasteiger partial charge in [0.25, 0.3) is 0 Å². The Morgan fingerprint density at radius 3 is 2.27 bits per heavy atom. The molecule has 1 atom stereocenters. The molecule has 0 fully saturated rings. The van der Waals surface area contributed by atoms with Gasteiger partial charge in [0, 0.05) is 16.6 Å². The number of carbonyl (C=O) groups is 1. The number of fused-ring (bicyclic) bond motifs is 1. The summed E-state index contributed by atoms with van der Waals surface area (Å²) >= 11 is 12.3. The summed E-state index contributed by atoms with van der Waals surface area (Å²) in [6.45, 7) is 9.73. The van der Waals surface area contributed by atoms with Gasteiger partial charge in [-0.2, -0.15) is 0 Å². The Balaban J connectivity index is 2.40. The first-order valence-corrected chi connectivity index (χ1v) is 10.5. The lowest BCUT2D eigenvalue weighted by Crippen LogP contribution is -2.27. The maximum atomic E-state index is 12.4. The second-order valence-corrected chi connectivity index (χ2v) is 9.44. The van der Waals surface area contributed by atoms with Gasteiger partial charge in [-0.25, -0.2) is 0 Å². The van der Waals surface area contributed by atoms with Crippen LogP contribution in [0.15, 0.2) is 36.4 Å². The van der Waals surface area contributed by atoms with Crippen LogP contribution in [0.2, 0.25) is 5.02 Å². The number of carboxylic acids is 1. The molecule has 158 valence electrons. The number of halogens is 1. The topological polar surface area (TPSA) is 51.5 Å². The minimum Gasteiger partial charge on any atom is -0.495 e. The summed E-state index contributed by atoms with van der Waals surface area (Å²) < 4.78 is 7.35. The molecule has 3 rings (SSSR count). The van der Waals surface area contributed by atoms with Crippen LogP contribution in [0, 0.1) is 19.3 Å². The van der Waals surface area contributed by atoms with Crippen LogP contribution in [0.5, 0.6) is 5.75 Å². The normalized spacial score (nSPS) is 12.8. The quantitative estimate of drug-likeness (QED) is 0.477. The number of rotatable bonds is 4. The van der Waals surface area contributed by atoms with Crippen molar-refractivity contribution in [3.63, 3.8) is 0 Å². The molecule has 0 saturated carbocycles. The van der Waals surface area contributed by atoms with E-state index in [0.29, 0.717) is 15.8 Å². The number of benzene rings is 2. The number of aromatic nitrogens is 1. The monoisotopic (exact) mass is 443 g/mol. The van der Waals surface area contributed by atoms with Crippen LogP contribution in [-0.4, -0.2) is 27.7 Å². The van der Waals surface area contributed by atoms with E-state index in [2.05, 4.69) is 0 Å². The SMILES string of the molecule is COc1cc2c(C(C(=O)O)C(C)(C)C)c(C)n(C(=S)c3ccc(C)cc3)c2cc1Cl. The zero-order valence-corrected chi connectivity index (χ0v) is 19.6. The van der Waals surface area contributed by atoms with Crippen molar-refractivity contribution in [2.45, 2.75) is 40.5 Å². The Labute approximate surface area is 187 Å². The van der Waals surface area contributed by atoms with E-state index in [4.69, 9.17) is 28.6 Å². The maximum absolute atomic E-state index is 12.4. The molecule has 30 heavy (non-hydrogen) atoms. The highest BCUT2D eigenvalue weighted by Crippen LogP contribution is 2.44. The Kier molecular flexibility index (Phi) is 5.99. The largest absolute Gasteiger partial charge is 0.495 e. The summed E-state index contributed by atoms with van der Waals surface area (Å²) in [5.41, 5.74) is 3.82. The zero-order valence-electron chi connectivity index (χ0n) is 18.0. The van der Waals surface area contributed by atoms with Crippen molar-refractivity contribution in [3.8, 4) is 5.75 Å². The molecule has 0 aliphatic heterocycles.